The lowest BCUT2D eigenvalue weighted by molar-refractivity contribution is 0.0523. The molecule has 6 nitrogen and oxygen atoms in total. The lowest BCUT2D eigenvalue weighted by Crippen LogP contribution is -2.50. The lowest BCUT2D eigenvalue weighted by atomic mass is 10.1. The van der Waals surface area contributed by atoms with E-state index >= 15 is 0 Å². The minimum atomic E-state index is -0.294. The van der Waals surface area contributed by atoms with Crippen molar-refractivity contribution < 1.29 is 19.4 Å². The number of hydrogen-bond donors (Lipinski definition) is 1. The van der Waals surface area contributed by atoms with Crippen LogP contribution >= 0.6 is 0 Å². The van der Waals surface area contributed by atoms with E-state index in [2.05, 4.69) is 4.90 Å². The molecule has 0 radical (unpaired) electrons. The van der Waals surface area contributed by atoms with Crippen LogP contribution in [0.5, 0.6) is 11.5 Å². The summed E-state index contributed by atoms with van der Waals surface area (Å²) in [5, 5.41) is 9.75. The van der Waals surface area contributed by atoms with Crippen molar-refractivity contribution >= 4 is 5.91 Å². The Kier molecular flexibility index (Phi) is 6.45. The quantitative estimate of drug-likeness (QED) is 0.854. The molecule has 1 aromatic rings. The maximum atomic E-state index is 12.8. The van der Waals surface area contributed by atoms with Gasteiger partial charge in [-0.05, 0) is 25.5 Å². The molecule has 1 aliphatic rings. The van der Waals surface area contributed by atoms with E-state index in [-0.39, 0.29) is 12.0 Å². The minimum absolute atomic E-state index is 0.0118. The maximum Gasteiger partial charge on any atom is 0.254 e. The van der Waals surface area contributed by atoms with Crippen LogP contribution in [0.15, 0.2) is 12.1 Å². The Morgan fingerprint density at radius 3 is 2.17 bits per heavy atom. The molecule has 1 N–H and O–H groups in total. The number of piperazine rings is 1. The topological polar surface area (TPSA) is 62.2 Å². The van der Waals surface area contributed by atoms with Crippen LogP contribution < -0.4 is 9.47 Å². The SMILES string of the molecule is CC[C@@H](O)CN1CCN(C(=O)c2cc(OC)c(C)c(OC)c2)CC1. The summed E-state index contributed by atoms with van der Waals surface area (Å²) >= 11 is 0. The summed E-state index contributed by atoms with van der Waals surface area (Å²) in [7, 11) is 3.18. The lowest BCUT2D eigenvalue weighted by Gasteiger charge is -2.35. The molecular weight excluding hydrogens is 308 g/mol. The number of nitrogens with zero attached hydrogens (tertiary/aromatic N) is 2. The number of aliphatic hydroxyl groups excluding tert-OH is 1. The summed E-state index contributed by atoms with van der Waals surface area (Å²) in [6.07, 6.45) is 0.458. The number of amides is 1. The molecule has 2 rings (SSSR count). The third-order valence-corrected chi connectivity index (χ3v) is 4.60. The van der Waals surface area contributed by atoms with E-state index in [1.54, 1.807) is 26.4 Å². The van der Waals surface area contributed by atoms with Gasteiger partial charge in [-0.3, -0.25) is 9.69 Å². The molecule has 0 spiro atoms. The van der Waals surface area contributed by atoms with E-state index in [9.17, 15) is 9.90 Å². The molecule has 1 amide bonds. The van der Waals surface area contributed by atoms with Gasteiger partial charge < -0.3 is 19.5 Å². The Balaban J connectivity index is 2.05. The van der Waals surface area contributed by atoms with Crippen molar-refractivity contribution in [3.63, 3.8) is 0 Å². The zero-order valence-corrected chi connectivity index (χ0v) is 15.0. The molecule has 1 saturated heterocycles. The smallest absolute Gasteiger partial charge is 0.254 e. The average Bonchev–Trinajstić information content (AvgIpc) is 2.61. The molecule has 1 atom stereocenters. The summed E-state index contributed by atoms with van der Waals surface area (Å²) in [4.78, 5) is 16.8. The Labute approximate surface area is 144 Å². The summed E-state index contributed by atoms with van der Waals surface area (Å²) < 4.78 is 10.7. The van der Waals surface area contributed by atoms with Crippen LogP contribution in [0, 0.1) is 6.92 Å². The van der Waals surface area contributed by atoms with E-state index in [4.69, 9.17) is 9.47 Å². The highest BCUT2D eigenvalue weighted by atomic mass is 16.5. The van der Waals surface area contributed by atoms with E-state index < -0.39 is 0 Å². The van der Waals surface area contributed by atoms with Crippen LogP contribution in [0.25, 0.3) is 0 Å². The fourth-order valence-corrected chi connectivity index (χ4v) is 2.95. The van der Waals surface area contributed by atoms with Crippen LogP contribution in [0.2, 0.25) is 0 Å². The predicted octanol–water partition coefficient (Wildman–Crippen LogP) is 1.54. The molecule has 0 saturated carbocycles. The first-order chi connectivity index (χ1) is 11.5. The van der Waals surface area contributed by atoms with E-state index in [1.165, 1.54) is 0 Å². The fraction of sp³-hybridized carbons (Fsp3) is 0.611. The molecule has 1 fully saturated rings. The Hall–Kier alpha value is -1.79. The molecule has 0 bridgehead atoms. The first-order valence-electron chi connectivity index (χ1n) is 8.42. The third-order valence-electron chi connectivity index (χ3n) is 4.60. The van der Waals surface area contributed by atoms with Crippen molar-refractivity contribution in [1.82, 2.24) is 9.80 Å². The maximum absolute atomic E-state index is 12.8. The van der Waals surface area contributed by atoms with Crippen molar-refractivity contribution in [3.05, 3.63) is 23.3 Å². The van der Waals surface area contributed by atoms with Crippen molar-refractivity contribution in [2.75, 3.05) is 46.9 Å². The average molecular weight is 336 g/mol. The highest BCUT2D eigenvalue weighted by molar-refractivity contribution is 5.95. The van der Waals surface area contributed by atoms with Gasteiger partial charge in [-0.15, -0.1) is 0 Å². The van der Waals surface area contributed by atoms with Crippen LogP contribution in [-0.4, -0.2) is 73.9 Å². The minimum Gasteiger partial charge on any atom is -0.496 e. The Bertz CT molecular complexity index is 543. The van der Waals surface area contributed by atoms with Gasteiger partial charge in [0.25, 0.3) is 5.91 Å². The molecule has 1 aliphatic heterocycles. The molecule has 1 heterocycles. The zero-order chi connectivity index (χ0) is 17.7. The molecule has 0 aliphatic carbocycles. The number of ether oxygens (including phenoxy) is 2. The van der Waals surface area contributed by atoms with Gasteiger partial charge in [0.2, 0.25) is 0 Å². The second-order valence-corrected chi connectivity index (χ2v) is 6.16. The molecule has 6 heteroatoms. The highest BCUT2D eigenvalue weighted by Crippen LogP contribution is 2.30. The van der Waals surface area contributed by atoms with Crippen LogP contribution in [-0.2, 0) is 0 Å². The van der Waals surface area contributed by atoms with Crippen molar-refractivity contribution in [3.8, 4) is 11.5 Å². The predicted molar refractivity (Wildman–Crippen MR) is 92.9 cm³/mol. The molecule has 0 unspecified atom stereocenters. The van der Waals surface area contributed by atoms with Gasteiger partial charge >= 0.3 is 0 Å². The second kappa shape index (κ2) is 8.35. The molecule has 1 aromatic carbocycles. The van der Waals surface area contributed by atoms with E-state index in [0.717, 1.165) is 25.1 Å². The van der Waals surface area contributed by atoms with Crippen molar-refractivity contribution in [2.45, 2.75) is 26.4 Å². The van der Waals surface area contributed by atoms with Gasteiger partial charge in [-0.2, -0.15) is 0 Å². The van der Waals surface area contributed by atoms with Crippen LogP contribution in [0.1, 0.15) is 29.3 Å². The van der Waals surface area contributed by atoms with Gasteiger partial charge in [0, 0.05) is 43.9 Å². The summed E-state index contributed by atoms with van der Waals surface area (Å²) in [6, 6.07) is 3.54. The van der Waals surface area contributed by atoms with Gasteiger partial charge in [0.05, 0.1) is 20.3 Å². The number of carbonyl (C=O) groups excluding carboxylic acids is 1. The number of benzene rings is 1. The summed E-state index contributed by atoms with van der Waals surface area (Å²) in [6.45, 7) is 7.43. The highest BCUT2D eigenvalue weighted by Gasteiger charge is 2.24. The fourth-order valence-electron chi connectivity index (χ4n) is 2.95. The summed E-state index contributed by atoms with van der Waals surface area (Å²) in [5.74, 6) is 1.30. The number of carbonyl (C=O) groups is 1. The Morgan fingerprint density at radius 1 is 1.17 bits per heavy atom. The van der Waals surface area contributed by atoms with Gasteiger partial charge in [-0.25, -0.2) is 0 Å². The number of methoxy groups -OCH3 is 2. The first-order valence-corrected chi connectivity index (χ1v) is 8.42. The Morgan fingerprint density at radius 2 is 1.71 bits per heavy atom. The van der Waals surface area contributed by atoms with Crippen molar-refractivity contribution in [2.24, 2.45) is 0 Å². The first kappa shape index (κ1) is 18.5. The van der Waals surface area contributed by atoms with Crippen molar-refractivity contribution in [1.29, 1.82) is 0 Å². The van der Waals surface area contributed by atoms with Gasteiger partial charge in [-0.1, -0.05) is 6.92 Å². The zero-order valence-electron chi connectivity index (χ0n) is 15.0. The van der Waals surface area contributed by atoms with Crippen LogP contribution in [0.4, 0.5) is 0 Å². The molecule has 0 aromatic heterocycles. The number of β-amino-alcohol motifs (C(OH)–C–C–N with tert-alkyl or cyclic N) is 1. The largest absolute Gasteiger partial charge is 0.496 e. The molecular formula is C18H28N2O4. The molecule has 134 valence electrons. The standard InChI is InChI=1S/C18H28N2O4/c1-5-15(21)12-19-6-8-20(9-7-19)18(22)14-10-16(23-3)13(2)17(11-14)24-4/h10-11,15,21H,5-9,12H2,1-4H3/t15-/m1/s1. The third kappa shape index (κ3) is 4.19. The molecule has 24 heavy (non-hydrogen) atoms. The second-order valence-electron chi connectivity index (χ2n) is 6.16. The normalized spacial score (nSPS) is 16.8. The number of aliphatic hydroxyl groups is 1. The van der Waals surface area contributed by atoms with E-state index in [0.29, 0.717) is 36.7 Å². The van der Waals surface area contributed by atoms with Gasteiger partial charge in [0.15, 0.2) is 0 Å². The van der Waals surface area contributed by atoms with Gasteiger partial charge in [0.1, 0.15) is 11.5 Å². The van der Waals surface area contributed by atoms with Crippen LogP contribution in [0.3, 0.4) is 0 Å². The van der Waals surface area contributed by atoms with E-state index in [1.807, 2.05) is 18.7 Å². The summed E-state index contributed by atoms with van der Waals surface area (Å²) in [5.41, 5.74) is 1.46. The number of rotatable bonds is 6. The number of hydrogen-bond acceptors (Lipinski definition) is 5. The monoisotopic (exact) mass is 336 g/mol.